The zero-order chi connectivity index (χ0) is 5.11. The van der Waals surface area contributed by atoms with E-state index in [1.807, 2.05) is 13.1 Å². The Morgan fingerprint density at radius 1 is 1.62 bits per heavy atom. The first kappa shape index (κ1) is 7.20. The summed E-state index contributed by atoms with van der Waals surface area (Å²) in [7, 11) is 0. The minimum Gasteiger partial charge on any atom is -0.253 e. The molecule has 0 spiro atoms. The van der Waals surface area contributed by atoms with E-state index >= 15 is 0 Å². The summed E-state index contributed by atoms with van der Waals surface area (Å²) >= 11 is 0. The molecular formula is C4H7BN3. The molecular weight excluding hydrogens is 101 g/mol. The molecule has 0 unspecified atom stereocenters. The van der Waals surface area contributed by atoms with E-state index in [1.165, 1.54) is 0 Å². The molecule has 0 aromatic carbocycles. The first-order chi connectivity index (χ1) is 3.43. The van der Waals surface area contributed by atoms with Crippen molar-refractivity contribution in [3.8, 4) is 0 Å². The summed E-state index contributed by atoms with van der Waals surface area (Å²) in [6.07, 6.45) is 3.50. The van der Waals surface area contributed by atoms with Gasteiger partial charge in [0.25, 0.3) is 0 Å². The molecule has 0 saturated carbocycles. The monoisotopic (exact) mass is 108 g/mol. The lowest BCUT2D eigenvalue weighted by Gasteiger charge is -1.85. The molecule has 1 heterocycles. The maximum absolute atomic E-state index is 3.70. The molecule has 3 nitrogen and oxygen atoms in total. The summed E-state index contributed by atoms with van der Waals surface area (Å²) in [5.74, 6) is 0. The van der Waals surface area contributed by atoms with Crippen LogP contribution in [0.15, 0.2) is 12.4 Å². The van der Waals surface area contributed by atoms with Crippen molar-refractivity contribution in [3.05, 3.63) is 12.4 Å². The number of nitrogens with zero attached hydrogens (tertiary/aromatic N) is 3. The Kier molecular flexibility index (Phi) is 2.92. The number of aryl methyl sites for hydroxylation is 1. The van der Waals surface area contributed by atoms with Crippen molar-refractivity contribution in [2.45, 2.75) is 13.5 Å². The molecule has 0 amide bonds. The molecule has 0 N–H and O–H groups in total. The van der Waals surface area contributed by atoms with Gasteiger partial charge in [0, 0.05) is 21.2 Å². The number of rotatable bonds is 1. The van der Waals surface area contributed by atoms with E-state index in [9.17, 15) is 0 Å². The van der Waals surface area contributed by atoms with Gasteiger partial charge in [-0.05, 0) is 6.92 Å². The van der Waals surface area contributed by atoms with Crippen LogP contribution in [0.5, 0.6) is 0 Å². The van der Waals surface area contributed by atoms with Gasteiger partial charge in [0.1, 0.15) is 0 Å². The second kappa shape index (κ2) is 3.24. The molecule has 8 heavy (non-hydrogen) atoms. The molecule has 0 aliphatic carbocycles. The van der Waals surface area contributed by atoms with Crippen LogP contribution in [-0.2, 0) is 6.54 Å². The largest absolute Gasteiger partial charge is 0.253 e. The Balaban J connectivity index is 0.000000490. The Morgan fingerprint density at radius 3 is 2.62 bits per heavy atom. The predicted molar refractivity (Wildman–Crippen MR) is 31.4 cm³/mol. The lowest BCUT2D eigenvalue weighted by molar-refractivity contribution is 0.627. The molecule has 0 aliphatic rings. The summed E-state index contributed by atoms with van der Waals surface area (Å²) in [5.41, 5.74) is 0. The molecule has 1 aromatic heterocycles. The molecule has 0 saturated heterocycles. The van der Waals surface area contributed by atoms with E-state index in [0.717, 1.165) is 6.54 Å². The van der Waals surface area contributed by atoms with Crippen LogP contribution in [0, 0.1) is 0 Å². The smallest absolute Gasteiger partial charge is 0.0692 e. The molecule has 1 aromatic rings. The Hall–Kier alpha value is -0.795. The zero-order valence-corrected chi connectivity index (χ0v) is 4.78. The summed E-state index contributed by atoms with van der Waals surface area (Å²) in [6.45, 7) is 2.93. The van der Waals surface area contributed by atoms with Gasteiger partial charge in [-0.15, -0.1) is 5.10 Å². The molecule has 4 heteroatoms. The van der Waals surface area contributed by atoms with Gasteiger partial charge in [0.15, 0.2) is 0 Å². The normalized spacial score (nSPS) is 8.12. The van der Waals surface area contributed by atoms with Crippen LogP contribution in [0.1, 0.15) is 6.92 Å². The second-order valence-electron chi connectivity index (χ2n) is 1.26. The third-order valence-corrected chi connectivity index (χ3v) is 0.796. The van der Waals surface area contributed by atoms with E-state index in [-0.39, 0.29) is 8.41 Å². The van der Waals surface area contributed by atoms with Crippen LogP contribution in [0.25, 0.3) is 0 Å². The summed E-state index contributed by atoms with van der Waals surface area (Å²) in [5, 5.41) is 7.31. The maximum Gasteiger partial charge on any atom is 0.0692 e. The first-order valence-corrected chi connectivity index (χ1v) is 2.27. The van der Waals surface area contributed by atoms with Crippen molar-refractivity contribution >= 4 is 8.41 Å². The van der Waals surface area contributed by atoms with Crippen LogP contribution in [0.2, 0.25) is 0 Å². The van der Waals surface area contributed by atoms with Crippen LogP contribution in [-0.4, -0.2) is 23.4 Å². The third-order valence-electron chi connectivity index (χ3n) is 0.796. The molecule has 0 fully saturated rings. The Morgan fingerprint density at radius 2 is 2.38 bits per heavy atom. The molecule has 0 bridgehead atoms. The summed E-state index contributed by atoms with van der Waals surface area (Å²) in [4.78, 5) is 0. The van der Waals surface area contributed by atoms with Gasteiger partial charge >= 0.3 is 0 Å². The van der Waals surface area contributed by atoms with Crippen LogP contribution >= 0.6 is 0 Å². The number of hydrogen-bond donors (Lipinski definition) is 0. The SMILES string of the molecule is CCn1ccnn1.[B]. The molecule has 3 radical (unpaired) electrons. The quantitative estimate of drug-likeness (QED) is 0.471. The van der Waals surface area contributed by atoms with Crippen LogP contribution in [0.4, 0.5) is 0 Å². The van der Waals surface area contributed by atoms with Gasteiger partial charge in [-0.2, -0.15) is 0 Å². The topological polar surface area (TPSA) is 30.7 Å². The summed E-state index contributed by atoms with van der Waals surface area (Å²) in [6, 6.07) is 0. The lowest BCUT2D eigenvalue weighted by Crippen LogP contribution is -1.92. The fourth-order valence-corrected chi connectivity index (χ4v) is 0.401. The van der Waals surface area contributed by atoms with E-state index in [4.69, 9.17) is 0 Å². The van der Waals surface area contributed by atoms with E-state index in [2.05, 4.69) is 10.3 Å². The van der Waals surface area contributed by atoms with Gasteiger partial charge in [-0.1, -0.05) is 5.21 Å². The van der Waals surface area contributed by atoms with Gasteiger partial charge in [-0.3, -0.25) is 4.68 Å². The van der Waals surface area contributed by atoms with Gasteiger partial charge in [0.2, 0.25) is 0 Å². The van der Waals surface area contributed by atoms with E-state index in [1.54, 1.807) is 10.9 Å². The highest BCUT2D eigenvalue weighted by molar-refractivity contribution is 5.75. The molecule has 1 rings (SSSR count). The fraction of sp³-hybridized carbons (Fsp3) is 0.500. The number of aromatic nitrogens is 3. The second-order valence-corrected chi connectivity index (χ2v) is 1.26. The molecule has 0 atom stereocenters. The fourth-order valence-electron chi connectivity index (χ4n) is 0.401. The summed E-state index contributed by atoms with van der Waals surface area (Å²) < 4.78 is 1.76. The van der Waals surface area contributed by atoms with Crippen molar-refractivity contribution < 1.29 is 0 Å². The van der Waals surface area contributed by atoms with Gasteiger partial charge < -0.3 is 0 Å². The standard InChI is InChI=1S/C4H7N3.B/c1-2-7-4-3-5-6-7;/h3-4H,2H2,1H3;. The highest BCUT2D eigenvalue weighted by Crippen LogP contribution is 1.75. The minimum atomic E-state index is 0. The van der Waals surface area contributed by atoms with Crippen molar-refractivity contribution in [3.63, 3.8) is 0 Å². The maximum atomic E-state index is 3.70. The van der Waals surface area contributed by atoms with Crippen LogP contribution in [0.3, 0.4) is 0 Å². The van der Waals surface area contributed by atoms with Gasteiger partial charge in [0.05, 0.1) is 6.20 Å². The highest BCUT2D eigenvalue weighted by Gasteiger charge is 1.78. The number of hydrogen-bond acceptors (Lipinski definition) is 2. The average molecular weight is 108 g/mol. The Labute approximate surface area is 50.3 Å². The van der Waals surface area contributed by atoms with Crippen LogP contribution < -0.4 is 0 Å². The van der Waals surface area contributed by atoms with E-state index in [0.29, 0.717) is 0 Å². The predicted octanol–water partition coefficient (Wildman–Crippen LogP) is -0.0828. The first-order valence-electron chi connectivity index (χ1n) is 2.27. The molecule has 0 aliphatic heterocycles. The average Bonchev–Trinajstić information content (AvgIpc) is 2.14. The minimum absolute atomic E-state index is 0. The lowest BCUT2D eigenvalue weighted by atomic mass is 10.7. The molecule has 41 valence electrons. The van der Waals surface area contributed by atoms with Crippen molar-refractivity contribution in [2.75, 3.05) is 0 Å². The highest BCUT2D eigenvalue weighted by atomic mass is 15.4. The third kappa shape index (κ3) is 1.37. The van der Waals surface area contributed by atoms with Crippen molar-refractivity contribution in [1.82, 2.24) is 15.0 Å². The van der Waals surface area contributed by atoms with Crippen molar-refractivity contribution in [1.29, 1.82) is 0 Å². The van der Waals surface area contributed by atoms with E-state index < -0.39 is 0 Å². The Bertz CT molecular complexity index is 126. The zero-order valence-electron chi connectivity index (χ0n) is 4.78. The van der Waals surface area contributed by atoms with Crippen molar-refractivity contribution in [2.24, 2.45) is 0 Å². The van der Waals surface area contributed by atoms with Gasteiger partial charge in [-0.25, -0.2) is 0 Å².